The molecule has 0 radical (unpaired) electrons. The lowest BCUT2D eigenvalue weighted by Crippen LogP contribution is -2.28. The highest BCUT2D eigenvalue weighted by Crippen LogP contribution is 2.16. The number of anilines is 2. The Labute approximate surface area is 132 Å². The Morgan fingerprint density at radius 1 is 1.00 bits per heavy atom. The molecule has 2 rings (SSSR count). The molecule has 0 aliphatic carbocycles. The van der Waals surface area contributed by atoms with E-state index in [2.05, 4.69) is 35.2 Å². The fraction of sp³-hybridized carbons (Fsp3) is 0.250. The van der Waals surface area contributed by atoms with E-state index in [9.17, 15) is 8.42 Å². The summed E-state index contributed by atoms with van der Waals surface area (Å²) < 4.78 is 27.1. The Morgan fingerprint density at radius 3 is 2.23 bits per heavy atom. The molecule has 2 aromatic carbocycles. The topological polar surface area (TPSA) is 61.4 Å². The van der Waals surface area contributed by atoms with Crippen LogP contribution in [-0.4, -0.2) is 26.8 Å². The van der Waals surface area contributed by atoms with Gasteiger partial charge in [-0.3, -0.25) is 4.72 Å². The van der Waals surface area contributed by atoms with E-state index in [0.29, 0.717) is 5.69 Å². The van der Waals surface area contributed by atoms with Crippen LogP contribution in [0.2, 0.25) is 0 Å². The SMILES string of the molecule is Cc1cccc(CNc2ccc(NS(=O)(=O)N(C)C)cc2)c1. The molecule has 2 N–H and O–H groups in total. The zero-order chi connectivity index (χ0) is 16.2. The smallest absolute Gasteiger partial charge is 0.301 e. The second-order valence-electron chi connectivity index (χ2n) is 5.31. The van der Waals surface area contributed by atoms with E-state index in [1.165, 1.54) is 25.2 Å². The quantitative estimate of drug-likeness (QED) is 0.860. The van der Waals surface area contributed by atoms with Gasteiger partial charge in [-0.05, 0) is 36.8 Å². The maximum Gasteiger partial charge on any atom is 0.301 e. The van der Waals surface area contributed by atoms with Gasteiger partial charge in [0.15, 0.2) is 0 Å². The molecule has 0 fully saturated rings. The lowest BCUT2D eigenvalue weighted by atomic mass is 10.1. The van der Waals surface area contributed by atoms with Gasteiger partial charge in [-0.2, -0.15) is 12.7 Å². The van der Waals surface area contributed by atoms with Gasteiger partial charge in [0, 0.05) is 32.0 Å². The normalized spacial score (nSPS) is 11.5. The molecule has 0 bridgehead atoms. The first-order valence-corrected chi connectivity index (χ1v) is 8.40. The van der Waals surface area contributed by atoms with Crippen molar-refractivity contribution < 1.29 is 8.42 Å². The molecule has 5 nitrogen and oxygen atoms in total. The summed E-state index contributed by atoms with van der Waals surface area (Å²) in [5, 5.41) is 3.31. The van der Waals surface area contributed by atoms with Crippen molar-refractivity contribution >= 4 is 21.6 Å². The van der Waals surface area contributed by atoms with Crippen LogP contribution in [0.15, 0.2) is 48.5 Å². The highest BCUT2D eigenvalue weighted by molar-refractivity contribution is 7.90. The number of rotatable bonds is 6. The van der Waals surface area contributed by atoms with Gasteiger partial charge in [-0.15, -0.1) is 0 Å². The largest absolute Gasteiger partial charge is 0.381 e. The molecular formula is C16H21N3O2S. The van der Waals surface area contributed by atoms with Crippen molar-refractivity contribution in [3.05, 3.63) is 59.7 Å². The highest BCUT2D eigenvalue weighted by Gasteiger charge is 2.12. The van der Waals surface area contributed by atoms with Crippen LogP contribution in [0.1, 0.15) is 11.1 Å². The Bertz CT molecular complexity index is 725. The maximum atomic E-state index is 11.7. The number of hydrogen-bond donors (Lipinski definition) is 2. The second-order valence-corrected chi connectivity index (χ2v) is 7.19. The zero-order valence-electron chi connectivity index (χ0n) is 13.0. The molecule has 0 aromatic heterocycles. The van der Waals surface area contributed by atoms with Crippen molar-refractivity contribution in [3.63, 3.8) is 0 Å². The zero-order valence-corrected chi connectivity index (χ0v) is 13.8. The number of nitrogens with zero attached hydrogens (tertiary/aromatic N) is 1. The maximum absolute atomic E-state index is 11.7. The third-order valence-electron chi connectivity index (χ3n) is 3.19. The van der Waals surface area contributed by atoms with Crippen molar-refractivity contribution in [2.24, 2.45) is 0 Å². The molecule has 0 atom stereocenters. The summed E-state index contributed by atoms with van der Waals surface area (Å²) in [6.07, 6.45) is 0. The van der Waals surface area contributed by atoms with E-state index in [1.807, 2.05) is 18.2 Å². The van der Waals surface area contributed by atoms with Gasteiger partial charge < -0.3 is 5.32 Å². The molecule has 2 aromatic rings. The van der Waals surface area contributed by atoms with Crippen molar-refractivity contribution in [3.8, 4) is 0 Å². The molecule has 0 amide bonds. The minimum atomic E-state index is -3.46. The first-order valence-electron chi connectivity index (χ1n) is 6.96. The molecule has 118 valence electrons. The van der Waals surface area contributed by atoms with Crippen LogP contribution in [0.25, 0.3) is 0 Å². The molecular weight excluding hydrogens is 298 g/mol. The van der Waals surface area contributed by atoms with Gasteiger partial charge in [0.05, 0.1) is 0 Å². The van der Waals surface area contributed by atoms with Crippen molar-refractivity contribution in [2.75, 3.05) is 24.1 Å². The van der Waals surface area contributed by atoms with E-state index in [4.69, 9.17) is 0 Å². The summed E-state index contributed by atoms with van der Waals surface area (Å²) in [5.74, 6) is 0. The van der Waals surface area contributed by atoms with E-state index in [0.717, 1.165) is 16.5 Å². The highest BCUT2D eigenvalue weighted by atomic mass is 32.2. The molecule has 0 saturated carbocycles. The summed E-state index contributed by atoms with van der Waals surface area (Å²) in [6.45, 7) is 2.79. The first-order chi connectivity index (χ1) is 10.4. The predicted octanol–water partition coefficient (Wildman–Crippen LogP) is 2.83. The van der Waals surface area contributed by atoms with Gasteiger partial charge in [0.2, 0.25) is 0 Å². The van der Waals surface area contributed by atoms with Gasteiger partial charge in [0.25, 0.3) is 0 Å². The van der Waals surface area contributed by atoms with Crippen LogP contribution >= 0.6 is 0 Å². The summed E-state index contributed by atoms with van der Waals surface area (Å²) in [5.41, 5.74) is 3.91. The average molecular weight is 319 g/mol. The molecule has 6 heteroatoms. The Kier molecular flexibility index (Phi) is 5.05. The standard InChI is InChI=1S/C16H21N3O2S/c1-13-5-4-6-14(11-13)12-17-15-7-9-16(10-8-15)18-22(20,21)19(2)3/h4-11,17-18H,12H2,1-3H3. The van der Waals surface area contributed by atoms with Gasteiger partial charge >= 0.3 is 10.2 Å². The fourth-order valence-electron chi connectivity index (χ4n) is 1.92. The van der Waals surface area contributed by atoms with Gasteiger partial charge in [0.1, 0.15) is 0 Å². The van der Waals surface area contributed by atoms with Crippen LogP contribution in [0.5, 0.6) is 0 Å². The molecule has 0 unspecified atom stereocenters. The molecule has 0 spiro atoms. The molecule has 0 aliphatic rings. The van der Waals surface area contributed by atoms with Crippen LogP contribution in [0.3, 0.4) is 0 Å². The number of nitrogens with one attached hydrogen (secondary N) is 2. The average Bonchev–Trinajstić information content (AvgIpc) is 2.46. The summed E-state index contributed by atoms with van der Waals surface area (Å²) in [4.78, 5) is 0. The van der Waals surface area contributed by atoms with Crippen molar-refractivity contribution in [1.29, 1.82) is 0 Å². The monoisotopic (exact) mass is 319 g/mol. The molecule has 0 aliphatic heterocycles. The van der Waals surface area contributed by atoms with Crippen LogP contribution in [0.4, 0.5) is 11.4 Å². The summed E-state index contributed by atoms with van der Waals surface area (Å²) >= 11 is 0. The van der Waals surface area contributed by atoms with Crippen LogP contribution < -0.4 is 10.0 Å². The molecule has 0 heterocycles. The third-order valence-corrected chi connectivity index (χ3v) is 4.65. The van der Waals surface area contributed by atoms with Crippen LogP contribution in [0, 0.1) is 6.92 Å². The summed E-state index contributed by atoms with van der Waals surface area (Å²) in [6, 6.07) is 15.5. The van der Waals surface area contributed by atoms with Gasteiger partial charge in [-0.25, -0.2) is 0 Å². The lowest BCUT2D eigenvalue weighted by molar-refractivity contribution is 0.527. The van der Waals surface area contributed by atoms with E-state index in [-0.39, 0.29) is 0 Å². The van der Waals surface area contributed by atoms with E-state index in [1.54, 1.807) is 12.1 Å². The number of aryl methyl sites for hydroxylation is 1. The lowest BCUT2D eigenvalue weighted by Gasteiger charge is -2.14. The fourth-order valence-corrected chi connectivity index (χ4v) is 2.54. The first kappa shape index (κ1) is 16.3. The van der Waals surface area contributed by atoms with Crippen molar-refractivity contribution in [1.82, 2.24) is 4.31 Å². The predicted molar refractivity (Wildman–Crippen MR) is 91.2 cm³/mol. The summed E-state index contributed by atoms with van der Waals surface area (Å²) in [7, 11) is -0.489. The minimum absolute atomic E-state index is 0.537. The van der Waals surface area contributed by atoms with Gasteiger partial charge in [-0.1, -0.05) is 29.8 Å². The Balaban J connectivity index is 1.98. The Hall–Kier alpha value is -2.05. The van der Waals surface area contributed by atoms with E-state index < -0.39 is 10.2 Å². The number of benzene rings is 2. The Morgan fingerprint density at radius 2 is 1.64 bits per heavy atom. The minimum Gasteiger partial charge on any atom is -0.381 e. The molecule has 22 heavy (non-hydrogen) atoms. The van der Waals surface area contributed by atoms with Crippen LogP contribution in [-0.2, 0) is 16.8 Å². The molecule has 0 saturated heterocycles. The van der Waals surface area contributed by atoms with E-state index >= 15 is 0 Å². The van der Waals surface area contributed by atoms with Crippen molar-refractivity contribution in [2.45, 2.75) is 13.5 Å². The third kappa shape index (κ3) is 4.47. The second kappa shape index (κ2) is 6.81. The number of hydrogen-bond acceptors (Lipinski definition) is 3.